The summed E-state index contributed by atoms with van der Waals surface area (Å²) < 4.78 is 0. The molecule has 0 atom stereocenters. The number of nitrogens with one attached hydrogen (secondary N) is 1. The molecular formula is C20H24N2O. The van der Waals surface area contributed by atoms with E-state index in [9.17, 15) is 4.79 Å². The average molecular weight is 308 g/mol. The number of benzene rings is 2. The van der Waals surface area contributed by atoms with Gasteiger partial charge in [0.15, 0.2) is 0 Å². The number of hydrogen-bond donors (Lipinski definition) is 2. The molecule has 0 aliphatic heterocycles. The second kappa shape index (κ2) is 7.42. The molecule has 1 aliphatic rings. The van der Waals surface area contributed by atoms with E-state index in [-0.39, 0.29) is 5.91 Å². The zero-order chi connectivity index (χ0) is 16.1. The zero-order valence-electron chi connectivity index (χ0n) is 13.5. The van der Waals surface area contributed by atoms with Gasteiger partial charge in [-0.05, 0) is 60.0 Å². The Balaban J connectivity index is 1.56. The van der Waals surface area contributed by atoms with Gasteiger partial charge in [-0.2, -0.15) is 0 Å². The molecule has 0 spiro atoms. The van der Waals surface area contributed by atoms with E-state index in [1.54, 1.807) is 0 Å². The first-order chi connectivity index (χ1) is 11.3. The summed E-state index contributed by atoms with van der Waals surface area (Å²) in [5, 5.41) is 2.91. The van der Waals surface area contributed by atoms with E-state index in [1.165, 1.54) is 27.8 Å². The maximum atomic E-state index is 11.7. The predicted octanol–water partition coefficient (Wildman–Crippen LogP) is 3.05. The number of carbonyl (C=O) groups is 1. The normalized spacial score (nSPS) is 11.9. The van der Waals surface area contributed by atoms with Crippen LogP contribution in [0.5, 0.6) is 0 Å². The fourth-order valence-corrected chi connectivity index (χ4v) is 3.20. The van der Waals surface area contributed by atoms with Gasteiger partial charge in [0.2, 0.25) is 5.91 Å². The van der Waals surface area contributed by atoms with Crippen molar-refractivity contribution in [2.75, 3.05) is 13.1 Å². The van der Waals surface area contributed by atoms with E-state index < -0.39 is 0 Å². The van der Waals surface area contributed by atoms with Crippen LogP contribution in [0.2, 0.25) is 0 Å². The molecule has 2 aromatic rings. The molecule has 0 fully saturated rings. The second-order valence-corrected chi connectivity index (χ2v) is 6.17. The maximum Gasteiger partial charge on any atom is 0.220 e. The van der Waals surface area contributed by atoms with Crippen LogP contribution in [0.25, 0.3) is 11.1 Å². The number of aryl methyl sites for hydroxylation is 1. The van der Waals surface area contributed by atoms with Gasteiger partial charge < -0.3 is 11.1 Å². The van der Waals surface area contributed by atoms with Gasteiger partial charge in [0.25, 0.3) is 0 Å². The van der Waals surface area contributed by atoms with Crippen molar-refractivity contribution >= 4 is 5.91 Å². The van der Waals surface area contributed by atoms with E-state index in [1.807, 2.05) is 0 Å². The molecular weight excluding hydrogens is 284 g/mol. The minimum Gasteiger partial charge on any atom is -0.356 e. The molecule has 120 valence electrons. The van der Waals surface area contributed by atoms with Gasteiger partial charge in [0.1, 0.15) is 0 Å². The lowest BCUT2D eigenvalue weighted by Crippen LogP contribution is -2.25. The highest BCUT2D eigenvalue weighted by Gasteiger charge is 2.17. The fraction of sp³-hybridized carbons (Fsp3) is 0.350. The molecule has 0 heterocycles. The third-order valence-electron chi connectivity index (χ3n) is 4.44. The fourth-order valence-electron chi connectivity index (χ4n) is 3.20. The molecule has 0 aromatic heterocycles. The Hall–Kier alpha value is -2.13. The largest absolute Gasteiger partial charge is 0.356 e. The van der Waals surface area contributed by atoms with Crippen LogP contribution in [0.1, 0.15) is 36.0 Å². The van der Waals surface area contributed by atoms with E-state index in [4.69, 9.17) is 5.73 Å². The van der Waals surface area contributed by atoms with Crippen molar-refractivity contribution in [1.82, 2.24) is 5.32 Å². The van der Waals surface area contributed by atoms with Crippen molar-refractivity contribution in [1.29, 1.82) is 0 Å². The molecule has 0 bridgehead atoms. The average Bonchev–Trinajstić information content (AvgIpc) is 2.93. The van der Waals surface area contributed by atoms with Crippen LogP contribution in [0.4, 0.5) is 0 Å². The summed E-state index contributed by atoms with van der Waals surface area (Å²) in [6, 6.07) is 15.4. The van der Waals surface area contributed by atoms with Crippen LogP contribution in [0.15, 0.2) is 42.5 Å². The monoisotopic (exact) mass is 308 g/mol. The highest BCUT2D eigenvalue weighted by molar-refractivity contribution is 5.77. The maximum absolute atomic E-state index is 11.7. The Morgan fingerprint density at radius 1 is 1.04 bits per heavy atom. The molecule has 0 saturated carbocycles. The van der Waals surface area contributed by atoms with Crippen molar-refractivity contribution < 1.29 is 4.79 Å². The molecule has 0 radical (unpaired) electrons. The molecule has 3 nitrogen and oxygen atoms in total. The van der Waals surface area contributed by atoms with Crippen LogP contribution >= 0.6 is 0 Å². The number of amides is 1. The molecule has 0 unspecified atom stereocenters. The summed E-state index contributed by atoms with van der Waals surface area (Å²) in [4.78, 5) is 11.7. The Kier molecular flexibility index (Phi) is 5.09. The van der Waals surface area contributed by atoms with Gasteiger partial charge in [0.05, 0.1) is 0 Å². The Bertz CT molecular complexity index is 694. The number of fused-ring (bicyclic) bond motifs is 3. The van der Waals surface area contributed by atoms with Gasteiger partial charge in [-0.25, -0.2) is 0 Å². The lowest BCUT2D eigenvalue weighted by molar-refractivity contribution is -0.121. The Morgan fingerprint density at radius 2 is 1.87 bits per heavy atom. The van der Waals surface area contributed by atoms with Gasteiger partial charge in [-0.1, -0.05) is 42.5 Å². The molecule has 3 N–H and O–H groups in total. The van der Waals surface area contributed by atoms with Gasteiger partial charge in [-0.3, -0.25) is 4.79 Å². The van der Waals surface area contributed by atoms with E-state index >= 15 is 0 Å². The van der Waals surface area contributed by atoms with E-state index in [0.29, 0.717) is 19.5 Å². The Morgan fingerprint density at radius 3 is 2.74 bits per heavy atom. The van der Waals surface area contributed by atoms with E-state index in [0.717, 1.165) is 25.7 Å². The third kappa shape index (κ3) is 3.80. The van der Waals surface area contributed by atoms with Crippen molar-refractivity contribution in [2.45, 2.75) is 32.1 Å². The van der Waals surface area contributed by atoms with Crippen LogP contribution in [-0.4, -0.2) is 19.0 Å². The molecule has 0 saturated heterocycles. The van der Waals surface area contributed by atoms with Crippen molar-refractivity contribution in [3.63, 3.8) is 0 Å². The third-order valence-corrected chi connectivity index (χ3v) is 4.44. The quantitative estimate of drug-likeness (QED) is 0.659. The first-order valence-electron chi connectivity index (χ1n) is 8.45. The first kappa shape index (κ1) is 15.8. The SMILES string of the molecule is NCCCNC(=O)CCCc1ccc2c(c1)-c1ccccc1C2. The molecule has 1 amide bonds. The molecule has 23 heavy (non-hydrogen) atoms. The van der Waals surface area contributed by atoms with Crippen molar-refractivity contribution in [3.05, 3.63) is 59.2 Å². The standard InChI is InChI=1S/C20H24N2O/c21-11-4-12-22-20(23)8-3-5-15-9-10-17-14-16-6-1-2-7-18(16)19(17)13-15/h1-2,6-7,9-10,13H,3-5,8,11-12,14,21H2,(H,22,23). The molecule has 2 aromatic carbocycles. The lowest BCUT2D eigenvalue weighted by Gasteiger charge is -2.07. The van der Waals surface area contributed by atoms with Crippen molar-refractivity contribution in [3.8, 4) is 11.1 Å². The summed E-state index contributed by atoms with van der Waals surface area (Å²) >= 11 is 0. The van der Waals surface area contributed by atoms with Crippen molar-refractivity contribution in [2.24, 2.45) is 5.73 Å². The van der Waals surface area contributed by atoms with Gasteiger partial charge in [-0.15, -0.1) is 0 Å². The summed E-state index contributed by atoms with van der Waals surface area (Å²) in [6.45, 7) is 1.31. The number of hydrogen-bond acceptors (Lipinski definition) is 2. The minimum atomic E-state index is 0.130. The lowest BCUT2D eigenvalue weighted by atomic mass is 10.00. The van der Waals surface area contributed by atoms with Gasteiger partial charge >= 0.3 is 0 Å². The predicted molar refractivity (Wildman–Crippen MR) is 94.3 cm³/mol. The van der Waals surface area contributed by atoms with E-state index in [2.05, 4.69) is 47.8 Å². The zero-order valence-corrected chi connectivity index (χ0v) is 13.5. The number of nitrogens with two attached hydrogens (primary N) is 1. The smallest absolute Gasteiger partial charge is 0.220 e. The van der Waals surface area contributed by atoms with Crippen LogP contribution < -0.4 is 11.1 Å². The number of rotatable bonds is 7. The minimum absolute atomic E-state index is 0.130. The molecule has 1 aliphatic carbocycles. The highest BCUT2D eigenvalue weighted by atomic mass is 16.1. The molecule has 3 heteroatoms. The van der Waals surface area contributed by atoms with Crippen LogP contribution in [-0.2, 0) is 17.6 Å². The summed E-state index contributed by atoms with van der Waals surface area (Å²) in [5.41, 5.74) is 12.3. The Labute approximate surface area is 137 Å². The summed E-state index contributed by atoms with van der Waals surface area (Å²) in [5.74, 6) is 0.130. The number of carbonyl (C=O) groups excluding carboxylic acids is 1. The molecule has 3 rings (SSSR count). The topological polar surface area (TPSA) is 55.1 Å². The summed E-state index contributed by atoms with van der Waals surface area (Å²) in [6.07, 6.45) is 4.29. The second-order valence-electron chi connectivity index (χ2n) is 6.17. The highest BCUT2D eigenvalue weighted by Crippen LogP contribution is 2.36. The summed E-state index contributed by atoms with van der Waals surface area (Å²) in [7, 11) is 0. The first-order valence-corrected chi connectivity index (χ1v) is 8.45. The van der Waals surface area contributed by atoms with Crippen LogP contribution in [0, 0.1) is 0 Å². The van der Waals surface area contributed by atoms with Gasteiger partial charge in [0, 0.05) is 13.0 Å². The van der Waals surface area contributed by atoms with Crippen LogP contribution in [0.3, 0.4) is 0 Å².